The fourth-order valence-electron chi connectivity index (χ4n) is 1.15. The molecule has 1 aromatic rings. The van der Waals surface area contributed by atoms with E-state index in [4.69, 9.17) is 9.63 Å². The second-order valence-electron chi connectivity index (χ2n) is 4.05. The minimum Gasteiger partial charge on any atom is -0.393 e. The predicted molar refractivity (Wildman–Crippen MR) is 56.6 cm³/mol. The summed E-state index contributed by atoms with van der Waals surface area (Å²) in [6.07, 6.45) is 1.79. The van der Waals surface area contributed by atoms with Crippen molar-refractivity contribution < 1.29 is 9.63 Å². The molecule has 1 heterocycles. The van der Waals surface area contributed by atoms with Crippen molar-refractivity contribution in [2.24, 2.45) is 0 Å². The lowest BCUT2D eigenvalue weighted by Crippen LogP contribution is -2.15. The molecule has 5 heteroatoms. The van der Waals surface area contributed by atoms with Crippen LogP contribution in [0.15, 0.2) is 4.52 Å². The van der Waals surface area contributed by atoms with E-state index in [2.05, 4.69) is 15.0 Å². The van der Waals surface area contributed by atoms with Gasteiger partial charge in [0.25, 0.3) is 0 Å². The van der Waals surface area contributed by atoms with Crippen LogP contribution in [0.25, 0.3) is 0 Å². The SMILES string of the molecule is CC(O)CCc1nc(CCN(C)C)no1. The van der Waals surface area contributed by atoms with Gasteiger partial charge in [-0.25, -0.2) is 0 Å². The van der Waals surface area contributed by atoms with Crippen molar-refractivity contribution in [2.45, 2.75) is 32.3 Å². The highest BCUT2D eigenvalue weighted by Gasteiger charge is 2.07. The molecule has 0 aliphatic rings. The van der Waals surface area contributed by atoms with Gasteiger partial charge < -0.3 is 14.5 Å². The molecule has 1 aromatic heterocycles. The molecule has 86 valence electrons. The lowest BCUT2D eigenvalue weighted by molar-refractivity contribution is 0.180. The van der Waals surface area contributed by atoms with Crippen molar-refractivity contribution in [3.05, 3.63) is 11.7 Å². The molecule has 1 atom stereocenters. The summed E-state index contributed by atoms with van der Waals surface area (Å²) >= 11 is 0. The maximum Gasteiger partial charge on any atom is 0.226 e. The quantitative estimate of drug-likeness (QED) is 0.745. The van der Waals surface area contributed by atoms with Gasteiger partial charge in [0.05, 0.1) is 6.10 Å². The van der Waals surface area contributed by atoms with Gasteiger partial charge in [-0.2, -0.15) is 4.98 Å². The van der Waals surface area contributed by atoms with E-state index < -0.39 is 0 Å². The number of aromatic nitrogens is 2. The highest BCUT2D eigenvalue weighted by molar-refractivity contribution is 4.87. The second-order valence-corrected chi connectivity index (χ2v) is 4.05. The monoisotopic (exact) mass is 213 g/mol. The topological polar surface area (TPSA) is 62.4 Å². The first-order valence-electron chi connectivity index (χ1n) is 5.22. The molecule has 1 rings (SSSR count). The van der Waals surface area contributed by atoms with Crippen LogP contribution in [0.5, 0.6) is 0 Å². The summed E-state index contributed by atoms with van der Waals surface area (Å²) in [5, 5.41) is 13.0. The molecular formula is C10H19N3O2. The number of aliphatic hydroxyl groups is 1. The van der Waals surface area contributed by atoms with Gasteiger partial charge in [0.2, 0.25) is 5.89 Å². The Morgan fingerprint density at radius 3 is 2.73 bits per heavy atom. The zero-order chi connectivity index (χ0) is 11.3. The van der Waals surface area contributed by atoms with Gasteiger partial charge in [0, 0.05) is 19.4 Å². The van der Waals surface area contributed by atoms with E-state index in [1.54, 1.807) is 6.92 Å². The molecule has 0 aliphatic heterocycles. The Bertz CT molecular complexity index is 257. The van der Waals surface area contributed by atoms with E-state index in [1.807, 2.05) is 14.1 Å². The van der Waals surface area contributed by atoms with Crippen molar-refractivity contribution in [3.8, 4) is 0 Å². The molecule has 0 amide bonds. The molecule has 1 unspecified atom stereocenters. The number of hydrogen-bond acceptors (Lipinski definition) is 5. The van der Waals surface area contributed by atoms with Crippen LogP contribution in [0.4, 0.5) is 0 Å². The first kappa shape index (κ1) is 12.1. The molecule has 0 fully saturated rings. The Kier molecular flexibility index (Phi) is 4.71. The molecule has 15 heavy (non-hydrogen) atoms. The maximum atomic E-state index is 9.10. The van der Waals surface area contributed by atoms with Crippen molar-refractivity contribution in [1.29, 1.82) is 0 Å². The number of likely N-dealkylation sites (N-methyl/N-ethyl adjacent to an activating group) is 1. The third-order valence-corrected chi connectivity index (χ3v) is 2.07. The van der Waals surface area contributed by atoms with Crippen molar-refractivity contribution in [2.75, 3.05) is 20.6 Å². The molecule has 5 nitrogen and oxygen atoms in total. The van der Waals surface area contributed by atoms with Gasteiger partial charge in [-0.05, 0) is 27.4 Å². The van der Waals surface area contributed by atoms with Crippen molar-refractivity contribution in [1.82, 2.24) is 15.0 Å². The second kappa shape index (κ2) is 5.82. The predicted octanol–water partition coefficient (Wildman–Crippen LogP) is 0.487. The Morgan fingerprint density at radius 2 is 2.13 bits per heavy atom. The third-order valence-electron chi connectivity index (χ3n) is 2.07. The van der Waals surface area contributed by atoms with E-state index in [0.717, 1.165) is 18.8 Å². The molecule has 0 aromatic carbocycles. The molecule has 0 saturated carbocycles. The normalized spacial score (nSPS) is 13.4. The summed E-state index contributed by atoms with van der Waals surface area (Å²) in [6.45, 7) is 2.67. The minimum absolute atomic E-state index is 0.317. The fraction of sp³-hybridized carbons (Fsp3) is 0.800. The van der Waals surface area contributed by atoms with E-state index in [0.29, 0.717) is 18.7 Å². The molecular weight excluding hydrogens is 194 g/mol. The summed E-state index contributed by atoms with van der Waals surface area (Å²) in [7, 11) is 4.02. The van der Waals surface area contributed by atoms with Gasteiger partial charge in [0.1, 0.15) is 0 Å². The Labute approximate surface area is 90.1 Å². The molecule has 1 N–H and O–H groups in total. The van der Waals surface area contributed by atoms with Crippen LogP contribution >= 0.6 is 0 Å². The lowest BCUT2D eigenvalue weighted by Gasteiger charge is -2.05. The van der Waals surface area contributed by atoms with Crippen LogP contribution < -0.4 is 0 Å². The number of nitrogens with zero attached hydrogens (tertiary/aromatic N) is 3. The Morgan fingerprint density at radius 1 is 1.40 bits per heavy atom. The zero-order valence-electron chi connectivity index (χ0n) is 9.60. The highest BCUT2D eigenvalue weighted by atomic mass is 16.5. The van der Waals surface area contributed by atoms with E-state index in [9.17, 15) is 0 Å². The largest absolute Gasteiger partial charge is 0.393 e. The van der Waals surface area contributed by atoms with Gasteiger partial charge in [-0.3, -0.25) is 0 Å². The highest BCUT2D eigenvalue weighted by Crippen LogP contribution is 2.03. The van der Waals surface area contributed by atoms with Crippen molar-refractivity contribution >= 4 is 0 Å². The molecule has 0 saturated heterocycles. The van der Waals surface area contributed by atoms with Crippen LogP contribution in [0.3, 0.4) is 0 Å². The number of rotatable bonds is 6. The summed E-state index contributed by atoms with van der Waals surface area (Å²) in [5.41, 5.74) is 0. The van der Waals surface area contributed by atoms with Crippen LogP contribution in [0.2, 0.25) is 0 Å². The molecule has 0 radical (unpaired) electrons. The van der Waals surface area contributed by atoms with E-state index >= 15 is 0 Å². The summed E-state index contributed by atoms with van der Waals surface area (Å²) < 4.78 is 5.06. The van der Waals surface area contributed by atoms with E-state index in [1.165, 1.54) is 0 Å². The number of hydrogen-bond donors (Lipinski definition) is 1. The zero-order valence-corrected chi connectivity index (χ0v) is 9.60. The fourth-order valence-corrected chi connectivity index (χ4v) is 1.15. The summed E-state index contributed by atoms with van der Waals surface area (Å²) in [5.74, 6) is 1.36. The van der Waals surface area contributed by atoms with Gasteiger partial charge in [-0.1, -0.05) is 5.16 Å². The average Bonchev–Trinajstić information content (AvgIpc) is 2.59. The first-order valence-corrected chi connectivity index (χ1v) is 5.22. The summed E-state index contributed by atoms with van der Waals surface area (Å²) in [6, 6.07) is 0. The maximum absolute atomic E-state index is 9.10. The Hall–Kier alpha value is -0.940. The van der Waals surface area contributed by atoms with Gasteiger partial charge >= 0.3 is 0 Å². The number of aryl methyl sites for hydroxylation is 1. The molecule has 0 spiro atoms. The molecule has 0 bridgehead atoms. The minimum atomic E-state index is -0.317. The average molecular weight is 213 g/mol. The van der Waals surface area contributed by atoms with Crippen LogP contribution in [-0.2, 0) is 12.8 Å². The smallest absolute Gasteiger partial charge is 0.226 e. The Balaban J connectivity index is 2.35. The first-order chi connectivity index (χ1) is 7.08. The number of aliphatic hydroxyl groups excluding tert-OH is 1. The van der Waals surface area contributed by atoms with E-state index in [-0.39, 0.29) is 6.10 Å². The van der Waals surface area contributed by atoms with Crippen molar-refractivity contribution in [3.63, 3.8) is 0 Å². The molecule has 0 aliphatic carbocycles. The van der Waals surface area contributed by atoms with Crippen LogP contribution in [-0.4, -0.2) is 46.9 Å². The van der Waals surface area contributed by atoms with Gasteiger partial charge in [0.15, 0.2) is 5.82 Å². The third kappa shape index (κ3) is 4.90. The van der Waals surface area contributed by atoms with Crippen LogP contribution in [0.1, 0.15) is 25.1 Å². The van der Waals surface area contributed by atoms with Gasteiger partial charge in [-0.15, -0.1) is 0 Å². The standard InChI is InChI=1S/C10H19N3O2/c1-8(14)4-5-10-11-9(12-15-10)6-7-13(2)3/h8,14H,4-7H2,1-3H3. The van der Waals surface area contributed by atoms with Crippen LogP contribution in [0, 0.1) is 0 Å². The lowest BCUT2D eigenvalue weighted by atomic mass is 10.2. The summed E-state index contributed by atoms with van der Waals surface area (Å²) in [4.78, 5) is 6.31.